The Kier molecular flexibility index (Phi) is 4.14. The quantitative estimate of drug-likeness (QED) is 0.846. The molecule has 2 aromatic rings. The fraction of sp³-hybridized carbons (Fsp3) is 0.250. The Bertz CT molecular complexity index is 889. The van der Waals surface area contributed by atoms with Gasteiger partial charge >= 0.3 is 0 Å². The first kappa shape index (κ1) is 16.4. The van der Waals surface area contributed by atoms with Gasteiger partial charge in [0.05, 0.1) is 27.6 Å². The van der Waals surface area contributed by atoms with E-state index in [-0.39, 0.29) is 17.9 Å². The van der Waals surface area contributed by atoms with E-state index in [2.05, 4.69) is 10.6 Å². The highest BCUT2D eigenvalue weighted by Gasteiger charge is 2.30. The molecule has 0 bridgehead atoms. The molecular weight excluding hydrogens is 360 g/mol. The minimum Gasteiger partial charge on any atom is -0.347 e. The third-order valence-corrected chi connectivity index (χ3v) is 6.27. The molecule has 2 N–H and O–H groups in total. The standard InChI is InChI=1S/C16H16N4O3S2/c1-25(23)19-8-11(9-19)17-15(21)10-4-5-14-12(7-10)18-16(22)13-3-2-6-20(13)24-14/h2-7,11H,8-9H2,1H3,(H,17,21)(H,18,22). The number of hydrogen-bond donors (Lipinski definition) is 2. The van der Waals surface area contributed by atoms with Crippen LogP contribution < -0.4 is 10.6 Å². The first-order valence-electron chi connectivity index (χ1n) is 7.72. The lowest BCUT2D eigenvalue weighted by molar-refractivity contribution is 0.0898. The number of aromatic nitrogens is 1. The van der Waals surface area contributed by atoms with Crippen molar-refractivity contribution < 1.29 is 13.8 Å². The molecular formula is C16H16N4O3S2. The van der Waals surface area contributed by atoms with Crippen LogP contribution >= 0.6 is 11.9 Å². The van der Waals surface area contributed by atoms with Gasteiger partial charge in [0, 0.05) is 31.1 Å². The van der Waals surface area contributed by atoms with Gasteiger partial charge in [0.25, 0.3) is 11.8 Å². The molecule has 0 spiro atoms. The van der Waals surface area contributed by atoms with E-state index in [0.717, 1.165) is 4.90 Å². The molecule has 25 heavy (non-hydrogen) atoms. The van der Waals surface area contributed by atoms with E-state index in [1.165, 1.54) is 11.9 Å². The molecule has 1 aromatic carbocycles. The van der Waals surface area contributed by atoms with Crippen molar-refractivity contribution in [1.82, 2.24) is 13.6 Å². The van der Waals surface area contributed by atoms with Crippen LogP contribution in [0.5, 0.6) is 0 Å². The molecule has 2 aliphatic rings. The zero-order valence-corrected chi connectivity index (χ0v) is 15.0. The van der Waals surface area contributed by atoms with Crippen LogP contribution in [0.2, 0.25) is 0 Å². The van der Waals surface area contributed by atoms with E-state index < -0.39 is 11.0 Å². The average molecular weight is 376 g/mol. The van der Waals surface area contributed by atoms with Gasteiger partial charge in [-0.05, 0) is 42.3 Å². The highest BCUT2D eigenvalue weighted by atomic mass is 32.2. The summed E-state index contributed by atoms with van der Waals surface area (Å²) in [4.78, 5) is 25.6. The summed E-state index contributed by atoms with van der Waals surface area (Å²) in [5.41, 5.74) is 1.67. The van der Waals surface area contributed by atoms with Gasteiger partial charge in [0.1, 0.15) is 5.69 Å². The van der Waals surface area contributed by atoms with Gasteiger partial charge in [0.2, 0.25) is 0 Å². The number of hydrogen-bond acceptors (Lipinski definition) is 4. The predicted octanol–water partition coefficient (Wildman–Crippen LogP) is 1.32. The lowest BCUT2D eigenvalue weighted by atomic mass is 10.1. The largest absolute Gasteiger partial charge is 0.347 e. The monoisotopic (exact) mass is 376 g/mol. The Morgan fingerprint density at radius 3 is 2.92 bits per heavy atom. The van der Waals surface area contributed by atoms with Crippen molar-refractivity contribution in [3.63, 3.8) is 0 Å². The number of carbonyl (C=O) groups is 2. The first-order chi connectivity index (χ1) is 12.0. The highest BCUT2D eigenvalue weighted by molar-refractivity contribution is 7.98. The first-order valence-corrected chi connectivity index (χ1v) is 10.0. The summed E-state index contributed by atoms with van der Waals surface area (Å²) in [6.45, 7) is 1.17. The van der Waals surface area contributed by atoms with Gasteiger partial charge < -0.3 is 10.6 Å². The van der Waals surface area contributed by atoms with Crippen LogP contribution in [0.1, 0.15) is 20.8 Å². The van der Waals surface area contributed by atoms with Crippen molar-refractivity contribution in [3.8, 4) is 0 Å². The Labute approximate surface area is 151 Å². The van der Waals surface area contributed by atoms with Crippen molar-refractivity contribution in [2.45, 2.75) is 10.9 Å². The number of nitrogens with zero attached hydrogens (tertiary/aromatic N) is 2. The fourth-order valence-corrected chi connectivity index (χ4v) is 4.47. The van der Waals surface area contributed by atoms with Crippen molar-refractivity contribution in [2.75, 3.05) is 24.7 Å². The fourth-order valence-electron chi connectivity index (χ4n) is 2.77. The average Bonchev–Trinajstić information content (AvgIpc) is 2.95. The molecule has 130 valence electrons. The number of amides is 2. The predicted molar refractivity (Wildman–Crippen MR) is 97.0 cm³/mol. The summed E-state index contributed by atoms with van der Waals surface area (Å²) in [5.74, 6) is -0.397. The normalized spacial score (nSPS) is 18.4. The number of nitrogens with one attached hydrogen (secondary N) is 2. The molecule has 1 saturated heterocycles. The molecule has 1 atom stereocenters. The molecule has 1 unspecified atom stereocenters. The lowest BCUT2D eigenvalue weighted by Gasteiger charge is -2.37. The van der Waals surface area contributed by atoms with Gasteiger partial charge in [-0.3, -0.25) is 13.6 Å². The van der Waals surface area contributed by atoms with E-state index in [1.54, 1.807) is 32.7 Å². The van der Waals surface area contributed by atoms with Crippen LogP contribution in [-0.4, -0.2) is 49.7 Å². The summed E-state index contributed by atoms with van der Waals surface area (Å²) in [6.07, 6.45) is 3.45. The smallest absolute Gasteiger partial charge is 0.273 e. The second-order valence-corrected chi connectivity index (χ2v) is 8.30. The minimum atomic E-state index is -0.997. The van der Waals surface area contributed by atoms with Gasteiger partial charge in [-0.2, -0.15) is 0 Å². The van der Waals surface area contributed by atoms with Crippen LogP contribution in [0, 0.1) is 0 Å². The zero-order chi connectivity index (χ0) is 17.6. The van der Waals surface area contributed by atoms with Gasteiger partial charge in [-0.15, -0.1) is 0 Å². The van der Waals surface area contributed by atoms with Gasteiger partial charge in [-0.25, -0.2) is 8.51 Å². The van der Waals surface area contributed by atoms with Crippen molar-refractivity contribution in [2.24, 2.45) is 0 Å². The van der Waals surface area contributed by atoms with E-state index in [1.807, 2.05) is 18.3 Å². The molecule has 9 heteroatoms. The van der Waals surface area contributed by atoms with Crippen LogP contribution in [0.3, 0.4) is 0 Å². The molecule has 4 rings (SSSR count). The summed E-state index contributed by atoms with van der Waals surface area (Å²) in [6, 6.07) is 8.84. The minimum absolute atomic E-state index is 0.0000584. The van der Waals surface area contributed by atoms with E-state index in [0.29, 0.717) is 30.0 Å². The molecule has 0 radical (unpaired) electrons. The lowest BCUT2D eigenvalue weighted by Crippen LogP contribution is -2.59. The maximum Gasteiger partial charge on any atom is 0.273 e. The maximum absolute atomic E-state index is 12.4. The molecule has 1 aromatic heterocycles. The van der Waals surface area contributed by atoms with Crippen LogP contribution in [-0.2, 0) is 11.0 Å². The summed E-state index contributed by atoms with van der Waals surface area (Å²) >= 11 is 1.43. The van der Waals surface area contributed by atoms with Crippen LogP contribution in [0.4, 0.5) is 5.69 Å². The molecule has 7 nitrogen and oxygen atoms in total. The van der Waals surface area contributed by atoms with Gasteiger partial charge in [0.15, 0.2) is 0 Å². The second-order valence-electron chi connectivity index (χ2n) is 5.92. The Balaban J connectivity index is 1.50. The Morgan fingerprint density at radius 1 is 1.36 bits per heavy atom. The van der Waals surface area contributed by atoms with E-state index in [9.17, 15) is 13.8 Å². The molecule has 2 aliphatic heterocycles. The second kappa shape index (κ2) is 6.32. The number of rotatable bonds is 3. The third kappa shape index (κ3) is 3.10. The van der Waals surface area contributed by atoms with E-state index >= 15 is 0 Å². The molecule has 0 aliphatic carbocycles. The molecule has 3 heterocycles. The summed E-state index contributed by atoms with van der Waals surface area (Å²) in [7, 11) is -0.997. The topological polar surface area (TPSA) is 83.4 Å². The SMILES string of the molecule is CS(=O)N1CC(NC(=O)c2ccc3c(c2)NC(=O)c2cccn2S3)C1. The highest BCUT2D eigenvalue weighted by Crippen LogP contribution is 2.33. The Hall–Kier alpha value is -2.10. The number of carbonyl (C=O) groups excluding carboxylic acids is 2. The van der Waals surface area contributed by atoms with Crippen molar-refractivity contribution in [1.29, 1.82) is 0 Å². The number of anilines is 1. The zero-order valence-electron chi connectivity index (χ0n) is 13.4. The van der Waals surface area contributed by atoms with Crippen LogP contribution in [0.25, 0.3) is 0 Å². The van der Waals surface area contributed by atoms with Crippen molar-refractivity contribution >= 4 is 40.4 Å². The summed E-state index contributed by atoms with van der Waals surface area (Å²) < 4.78 is 14.9. The molecule has 0 saturated carbocycles. The van der Waals surface area contributed by atoms with E-state index in [4.69, 9.17) is 0 Å². The molecule has 2 amide bonds. The van der Waals surface area contributed by atoms with Crippen LogP contribution in [0.15, 0.2) is 41.4 Å². The third-order valence-electron chi connectivity index (χ3n) is 4.18. The number of benzene rings is 1. The van der Waals surface area contributed by atoms with Gasteiger partial charge in [-0.1, -0.05) is 0 Å². The summed E-state index contributed by atoms with van der Waals surface area (Å²) in [5, 5.41) is 5.78. The number of fused-ring (bicyclic) bond motifs is 2. The Morgan fingerprint density at radius 2 is 2.16 bits per heavy atom. The van der Waals surface area contributed by atoms with Crippen molar-refractivity contribution in [3.05, 3.63) is 47.8 Å². The molecule has 1 fully saturated rings. The maximum atomic E-state index is 12.4.